The predicted octanol–water partition coefficient (Wildman–Crippen LogP) is 2.76. The first-order chi connectivity index (χ1) is 9.65. The van der Waals surface area contributed by atoms with Crippen LogP contribution in [0.25, 0.3) is 0 Å². The van der Waals surface area contributed by atoms with E-state index >= 15 is 0 Å². The van der Waals surface area contributed by atoms with E-state index < -0.39 is 0 Å². The predicted molar refractivity (Wildman–Crippen MR) is 78.4 cm³/mol. The second-order valence-electron chi connectivity index (χ2n) is 4.80. The van der Waals surface area contributed by atoms with Crippen LogP contribution in [0, 0.1) is 11.3 Å². The molecular formula is C16H19N3O. The van der Waals surface area contributed by atoms with E-state index in [1.165, 1.54) is 0 Å². The zero-order valence-corrected chi connectivity index (χ0v) is 12.1. The van der Waals surface area contributed by atoms with Gasteiger partial charge in [-0.15, -0.1) is 0 Å². The summed E-state index contributed by atoms with van der Waals surface area (Å²) in [5.74, 6) is 0.887. The van der Waals surface area contributed by atoms with Gasteiger partial charge in [0.2, 0.25) is 0 Å². The summed E-state index contributed by atoms with van der Waals surface area (Å²) >= 11 is 0. The fourth-order valence-corrected chi connectivity index (χ4v) is 2.25. The van der Waals surface area contributed by atoms with Crippen LogP contribution in [-0.2, 0) is 13.6 Å². The van der Waals surface area contributed by atoms with Gasteiger partial charge in [0, 0.05) is 31.4 Å². The highest BCUT2D eigenvalue weighted by atomic mass is 16.5. The van der Waals surface area contributed by atoms with Gasteiger partial charge in [0.15, 0.2) is 0 Å². The third-order valence-corrected chi connectivity index (χ3v) is 3.39. The number of hydrogen-bond acceptors (Lipinski definition) is 3. The maximum Gasteiger partial charge on any atom is 0.123 e. The van der Waals surface area contributed by atoms with Crippen molar-refractivity contribution in [1.82, 2.24) is 9.88 Å². The molecule has 4 nitrogen and oxygen atoms in total. The maximum absolute atomic E-state index is 8.95. The molecule has 0 spiro atoms. The van der Waals surface area contributed by atoms with Gasteiger partial charge in [-0.3, -0.25) is 0 Å². The average Bonchev–Trinajstić information content (AvgIpc) is 2.85. The molecular weight excluding hydrogens is 250 g/mol. The number of benzene rings is 1. The molecule has 2 aromatic rings. The molecule has 2 rings (SSSR count). The minimum absolute atomic E-state index is 0.178. The molecule has 0 amide bonds. The van der Waals surface area contributed by atoms with Crippen LogP contribution in [0.3, 0.4) is 0 Å². The molecule has 1 aromatic heterocycles. The smallest absolute Gasteiger partial charge is 0.123 e. The Hall–Kier alpha value is -2.25. The zero-order valence-electron chi connectivity index (χ0n) is 12.1. The topological polar surface area (TPSA) is 50.0 Å². The molecule has 0 aliphatic carbocycles. The lowest BCUT2D eigenvalue weighted by Gasteiger charge is -2.16. The molecule has 0 radical (unpaired) electrons. The maximum atomic E-state index is 8.95. The van der Waals surface area contributed by atoms with Gasteiger partial charge in [0.1, 0.15) is 17.5 Å². The van der Waals surface area contributed by atoms with Gasteiger partial charge in [-0.1, -0.05) is 18.2 Å². The summed E-state index contributed by atoms with van der Waals surface area (Å²) in [6.07, 6.45) is 1.97. The van der Waals surface area contributed by atoms with E-state index in [9.17, 15) is 0 Å². The first kappa shape index (κ1) is 14.2. The summed E-state index contributed by atoms with van der Waals surface area (Å²) in [6.45, 7) is 2.82. The lowest BCUT2D eigenvalue weighted by molar-refractivity contribution is 0.401. The standard InChI is InChI=1S/C16H19N3O/c1-12(15-6-4-5-7-16(15)20-3)18-10-13-8-14(9-17)19(2)11-13/h4-8,11-12,18H,10H2,1-3H3/t12-/m1/s1. The zero-order chi connectivity index (χ0) is 14.5. The van der Waals surface area contributed by atoms with Crippen LogP contribution in [-0.4, -0.2) is 11.7 Å². The lowest BCUT2D eigenvalue weighted by Crippen LogP contribution is -2.18. The van der Waals surface area contributed by atoms with E-state index in [4.69, 9.17) is 10.00 Å². The fourth-order valence-electron chi connectivity index (χ4n) is 2.25. The quantitative estimate of drug-likeness (QED) is 0.908. The van der Waals surface area contributed by atoms with Crippen LogP contribution in [0.4, 0.5) is 0 Å². The Labute approximate surface area is 119 Å². The van der Waals surface area contributed by atoms with Crippen molar-refractivity contribution in [3.8, 4) is 11.8 Å². The van der Waals surface area contributed by atoms with Crippen molar-refractivity contribution >= 4 is 0 Å². The van der Waals surface area contributed by atoms with E-state index in [1.54, 1.807) is 7.11 Å². The third-order valence-electron chi connectivity index (χ3n) is 3.39. The first-order valence-corrected chi connectivity index (χ1v) is 6.57. The Morgan fingerprint density at radius 3 is 2.80 bits per heavy atom. The summed E-state index contributed by atoms with van der Waals surface area (Å²) in [5, 5.41) is 12.4. The summed E-state index contributed by atoms with van der Waals surface area (Å²) < 4.78 is 7.21. The Balaban J connectivity index is 2.05. The number of methoxy groups -OCH3 is 1. The molecule has 4 heteroatoms. The molecule has 0 fully saturated rings. The van der Waals surface area contributed by atoms with Crippen molar-refractivity contribution in [1.29, 1.82) is 5.26 Å². The lowest BCUT2D eigenvalue weighted by atomic mass is 10.1. The van der Waals surface area contributed by atoms with E-state index in [-0.39, 0.29) is 6.04 Å². The minimum atomic E-state index is 0.178. The van der Waals surface area contributed by atoms with Crippen LogP contribution in [0.1, 0.15) is 29.8 Å². The summed E-state index contributed by atoms with van der Waals surface area (Å²) in [6, 6.07) is 12.2. The van der Waals surface area contributed by atoms with E-state index in [0.29, 0.717) is 12.2 Å². The number of nitrogens with one attached hydrogen (secondary N) is 1. The Bertz CT molecular complexity index is 625. The number of hydrogen-bond donors (Lipinski definition) is 1. The molecule has 104 valence electrons. The molecule has 20 heavy (non-hydrogen) atoms. The average molecular weight is 269 g/mol. The summed E-state index contributed by atoms with van der Waals surface area (Å²) in [5.41, 5.74) is 2.91. The van der Waals surface area contributed by atoms with Gasteiger partial charge in [-0.25, -0.2) is 0 Å². The molecule has 1 heterocycles. The third kappa shape index (κ3) is 3.01. The fraction of sp³-hybridized carbons (Fsp3) is 0.312. The van der Waals surface area contributed by atoms with Gasteiger partial charge in [0.05, 0.1) is 7.11 Å². The highest BCUT2D eigenvalue weighted by Crippen LogP contribution is 2.24. The highest BCUT2D eigenvalue weighted by molar-refractivity contribution is 5.35. The Kier molecular flexibility index (Phi) is 4.44. The largest absolute Gasteiger partial charge is 0.496 e. The van der Waals surface area contributed by atoms with E-state index in [1.807, 2.05) is 42.1 Å². The molecule has 0 aliphatic heterocycles. The van der Waals surface area contributed by atoms with Gasteiger partial charge in [-0.2, -0.15) is 5.26 Å². The second kappa shape index (κ2) is 6.27. The molecule has 1 N–H and O–H groups in total. The molecule has 0 saturated carbocycles. The summed E-state index contributed by atoms with van der Waals surface area (Å²) in [7, 11) is 3.56. The van der Waals surface area contributed by atoms with Crippen molar-refractivity contribution in [3.63, 3.8) is 0 Å². The van der Waals surface area contributed by atoms with Crippen LogP contribution in [0.15, 0.2) is 36.5 Å². The van der Waals surface area contributed by atoms with Gasteiger partial charge < -0.3 is 14.6 Å². The van der Waals surface area contributed by atoms with Crippen molar-refractivity contribution in [2.75, 3.05) is 7.11 Å². The van der Waals surface area contributed by atoms with E-state index in [0.717, 1.165) is 16.9 Å². The van der Waals surface area contributed by atoms with Crippen LogP contribution < -0.4 is 10.1 Å². The molecule has 0 saturated heterocycles. The number of para-hydroxylation sites is 1. The normalized spacial score (nSPS) is 11.9. The van der Waals surface area contributed by atoms with Crippen molar-refractivity contribution in [3.05, 3.63) is 53.3 Å². The highest BCUT2D eigenvalue weighted by Gasteiger charge is 2.11. The van der Waals surface area contributed by atoms with E-state index in [2.05, 4.69) is 24.4 Å². The van der Waals surface area contributed by atoms with Gasteiger partial charge in [-0.05, 0) is 24.6 Å². The molecule has 0 aliphatic rings. The molecule has 0 bridgehead atoms. The van der Waals surface area contributed by atoms with Gasteiger partial charge in [0.25, 0.3) is 0 Å². The first-order valence-electron chi connectivity index (χ1n) is 6.57. The SMILES string of the molecule is COc1ccccc1[C@@H](C)NCc1cc(C#N)n(C)c1. The van der Waals surface area contributed by atoms with Crippen molar-refractivity contribution in [2.24, 2.45) is 7.05 Å². The monoisotopic (exact) mass is 269 g/mol. The number of nitrogens with zero attached hydrogens (tertiary/aromatic N) is 2. The summed E-state index contributed by atoms with van der Waals surface area (Å²) in [4.78, 5) is 0. The minimum Gasteiger partial charge on any atom is -0.496 e. The van der Waals surface area contributed by atoms with Crippen molar-refractivity contribution < 1.29 is 4.74 Å². The molecule has 1 aromatic carbocycles. The van der Waals surface area contributed by atoms with Gasteiger partial charge >= 0.3 is 0 Å². The number of ether oxygens (including phenoxy) is 1. The number of nitriles is 1. The van der Waals surface area contributed by atoms with Crippen LogP contribution in [0.2, 0.25) is 0 Å². The van der Waals surface area contributed by atoms with Crippen LogP contribution >= 0.6 is 0 Å². The number of aromatic nitrogens is 1. The van der Waals surface area contributed by atoms with Crippen LogP contribution in [0.5, 0.6) is 5.75 Å². The Morgan fingerprint density at radius 1 is 1.40 bits per heavy atom. The van der Waals surface area contributed by atoms with Crippen molar-refractivity contribution in [2.45, 2.75) is 19.5 Å². The molecule has 0 unspecified atom stereocenters. The molecule has 1 atom stereocenters. The number of aryl methyl sites for hydroxylation is 1. The number of rotatable bonds is 5. The second-order valence-corrected chi connectivity index (χ2v) is 4.80. The Morgan fingerprint density at radius 2 is 2.15 bits per heavy atom.